The molecule has 0 radical (unpaired) electrons. The summed E-state index contributed by atoms with van der Waals surface area (Å²) in [6.45, 7) is -0.0306. The second kappa shape index (κ2) is 5.89. The van der Waals surface area contributed by atoms with Crippen LogP contribution in [-0.2, 0) is 12.7 Å². The molecule has 0 spiro atoms. The topological polar surface area (TPSA) is 12.0 Å². The summed E-state index contributed by atoms with van der Waals surface area (Å²) in [5.74, 6) is -1.45. The van der Waals surface area contributed by atoms with Gasteiger partial charge in [0.25, 0.3) is 0 Å². The number of halogens is 6. The molecule has 0 heterocycles. The molecule has 1 N–H and O–H groups in total. The summed E-state index contributed by atoms with van der Waals surface area (Å²) in [6.07, 6.45) is -4.48. The van der Waals surface area contributed by atoms with E-state index >= 15 is 0 Å². The third-order valence-corrected chi connectivity index (χ3v) is 3.09. The zero-order valence-corrected chi connectivity index (χ0v) is 11.2. The van der Waals surface area contributed by atoms with E-state index < -0.39 is 23.4 Å². The van der Waals surface area contributed by atoms with Gasteiger partial charge in [0.05, 0.1) is 16.3 Å². The third-order valence-electron chi connectivity index (χ3n) is 2.78. The lowest BCUT2D eigenvalue weighted by molar-refractivity contribution is -0.137. The second-order valence-electron chi connectivity index (χ2n) is 4.28. The Bertz CT molecular complexity index is 654. The molecule has 0 aromatic heterocycles. The summed E-state index contributed by atoms with van der Waals surface area (Å²) >= 11 is 5.75. The van der Waals surface area contributed by atoms with Crippen LogP contribution in [0.3, 0.4) is 0 Å². The van der Waals surface area contributed by atoms with Crippen molar-refractivity contribution in [1.82, 2.24) is 0 Å². The average Bonchev–Trinajstić information content (AvgIpc) is 2.38. The summed E-state index contributed by atoms with van der Waals surface area (Å²) in [7, 11) is 0. The fraction of sp³-hybridized carbons (Fsp3) is 0.143. The number of rotatable bonds is 3. The molecule has 1 nitrogen and oxygen atoms in total. The highest BCUT2D eigenvalue weighted by molar-refractivity contribution is 6.33. The van der Waals surface area contributed by atoms with Crippen LogP contribution >= 0.6 is 11.6 Å². The van der Waals surface area contributed by atoms with Crippen LogP contribution in [0.4, 0.5) is 27.6 Å². The van der Waals surface area contributed by atoms with Gasteiger partial charge in [0, 0.05) is 18.2 Å². The van der Waals surface area contributed by atoms with E-state index in [1.54, 1.807) is 0 Å². The molecule has 0 atom stereocenters. The molecule has 0 aliphatic heterocycles. The van der Waals surface area contributed by atoms with Crippen LogP contribution in [0, 0.1) is 11.6 Å². The molecule has 21 heavy (non-hydrogen) atoms. The first-order valence-corrected chi connectivity index (χ1v) is 6.20. The minimum absolute atomic E-state index is 0.0306. The molecular weight excluding hydrogens is 313 g/mol. The Hall–Kier alpha value is -1.82. The van der Waals surface area contributed by atoms with E-state index in [0.29, 0.717) is 0 Å². The largest absolute Gasteiger partial charge is 0.416 e. The maximum absolute atomic E-state index is 13.4. The van der Waals surface area contributed by atoms with E-state index in [2.05, 4.69) is 5.32 Å². The van der Waals surface area contributed by atoms with Crippen molar-refractivity contribution in [3.05, 3.63) is 64.2 Å². The Morgan fingerprint density at radius 1 is 1.00 bits per heavy atom. The van der Waals surface area contributed by atoms with Crippen molar-refractivity contribution in [3.8, 4) is 0 Å². The van der Waals surface area contributed by atoms with Gasteiger partial charge >= 0.3 is 6.18 Å². The molecule has 112 valence electrons. The van der Waals surface area contributed by atoms with E-state index in [1.807, 2.05) is 0 Å². The quantitative estimate of drug-likeness (QED) is 0.761. The van der Waals surface area contributed by atoms with Crippen LogP contribution in [0.5, 0.6) is 0 Å². The van der Waals surface area contributed by atoms with E-state index in [-0.39, 0.29) is 22.8 Å². The standard InChI is InChI=1S/C14H9ClF5N/c15-11-5-9(14(18,19)20)2-4-13(11)21-7-8-1-3-10(16)6-12(8)17/h1-6,21H,7H2. The highest BCUT2D eigenvalue weighted by Gasteiger charge is 2.30. The predicted octanol–water partition coefficient (Wildman–Crippen LogP) is 5.25. The molecule has 0 bridgehead atoms. The van der Waals surface area contributed by atoms with Crippen molar-refractivity contribution in [3.63, 3.8) is 0 Å². The lowest BCUT2D eigenvalue weighted by atomic mass is 10.1. The minimum atomic E-state index is -4.48. The molecule has 0 saturated carbocycles. The number of benzene rings is 2. The molecule has 0 fully saturated rings. The fourth-order valence-corrected chi connectivity index (χ4v) is 1.94. The van der Waals surface area contributed by atoms with Gasteiger partial charge < -0.3 is 5.32 Å². The summed E-state index contributed by atoms with van der Waals surface area (Å²) < 4.78 is 63.6. The van der Waals surface area contributed by atoms with Crippen LogP contribution in [0.15, 0.2) is 36.4 Å². The molecule has 0 aliphatic carbocycles. The minimum Gasteiger partial charge on any atom is -0.380 e. The fourth-order valence-electron chi connectivity index (χ4n) is 1.69. The zero-order valence-electron chi connectivity index (χ0n) is 10.4. The molecule has 2 rings (SSSR count). The first-order chi connectivity index (χ1) is 9.77. The highest BCUT2D eigenvalue weighted by atomic mass is 35.5. The summed E-state index contributed by atoms with van der Waals surface area (Å²) in [5.41, 5.74) is -0.466. The van der Waals surface area contributed by atoms with Gasteiger partial charge in [-0.05, 0) is 24.3 Å². The van der Waals surface area contributed by atoms with Crippen LogP contribution < -0.4 is 5.32 Å². The van der Waals surface area contributed by atoms with Crippen molar-refractivity contribution in [2.75, 3.05) is 5.32 Å². The van der Waals surface area contributed by atoms with Gasteiger partial charge in [-0.1, -0.05) is 17.7 Å². The first kappa shape index (κ1) is 15.6. The van der Waals surface area contributed by atoms with Gasteiger partial charge in [-0.2, -0.15) is 13.2 Å². The van der Waals surface area contributed by atoms with E-state index in [0.717, 1.165) is 30.3 Å². The Labute approximate surface area is 122 Å². The van der Waals surface area contributed by atoms with Crippen LogP contribution in [0.2, 0.25) is 5.02 Å². The molecule has 0 amide bonds. The second-order valence-corrected chi connectivity index (χ2v) is 4.69. The van der Waals surface area contributed by atoms with E-state index in [1.165, 1.54) is 6.07 Å². The Balaban J connectivity index is 2.13. The summed E-state index contributed by atoms with van der Waals surface area (Å²) in [4.78, 5) is 0. The third kappa shape index (κ3) is 3.85. The Morgan fingerprint density at radius 3 is 2.29 bits per heavy atom. The molecule has 7 heteroatoms. The number of hydrogen-bond donors (Lipinski definition) is 1. The van der Waals surface area contributed by atoms with Crippen LogP contribution in [0.1, 0.15) is 11.1 Å². The van der Waals surface area contributed by atoms with Gasteiger partial charge in [0.15, 0.2) is 0 Å². The number of alkyl halides is 3. The predicted molar refractivity (Wildman–Crippen MR) is 70.1 cm³/mol. The Morgan fingerprint density at radius 2 is 1.71 bits per heavy atom. The van der Waals surface area contributed by atoms with Gasteiger partial charge in [-0.25, -0.2) is 8.78 Å². The highest BCUT2D eigenvalue weighted by Crippen LogP contribution is 2.33. The molecule has 0 saturated heterocycles. The van der Waals surface area contributed by atoms with Gasteiger partial charge in [0.2, 0.25) is 0 Å². The lowest BCUT2D eigenvalue weighted by Gasteiger charge is -2.12. The maximum Gasteiger partial charge on any atom is 0.416 e. The van der Waals surface area contributed by atoms with Gasteiger partial charge in [-0.15, -0.1) is 0 Å². The number of hydrogen-bond acceptors (Lipinski definition) is 1. The van der Waals surface area contributed by atoms with Crippen molar-refractivity contribution >= 4 is 17.3 Å². The van der Waals surface area contributed by atoms with Crippen molar-refractivity contribution in [2.45, 2.75) is 12.7 Å². The van der Waals surface area contributed by atoms with Crippen molar-refractivity contribution in [1.29, 1.82) is 0 Å². The summed E-state index contributed by atoms with van der Waals surface area (Å²) in [5, 5.41) is 2.57. The average molecular weight is 322 g/mol. The first-order valence-electron chi connectivity index (χ1n) is 5.82. The molecular formula is C14H9ClF5N. The normalized spacial score (nSPS) is 11.5. The molecule has 2 aromatic rings. The molecule has 2 aromatic carbocycles. The Kier molecular flexibility index (Phi) is 4.37. The van der Waals surface area contributed by atoms with Crippen molar-refractivity contribution in [2.24, 2.45) is 0 Å². The summed E-state index contributed by atoms with van der Waals surface area (Å²) in [6, 6.07) is 5.88. The van der Waals surface area contributed by atoms with Crippen LogP contribution in [0.25, 0.3) is 0 Å². The monoisotopic (exact) mass is 321 g/mol. The molecule has 0 aliphatic rings. The maximum atomic E-state index is 13.4. The van der Waals surface area contributed by atoms with Crippen molar-refractivity contribution < 1.29 is 22.0 Å². The smallest absolute Gasteiger partial charge is 0.380 e. The number of nitrogens with one attached hydrogen (secondary N) is 1. The van der Waals surface area contributed by atoms with Gasteiger partial charge in [0.1, 0.15) is 11.6 Å². The van der Waals surface area contributed by atoms with E-state index in [4.69, 9.17) is 11.6 Å². The molecule has 0 unspecified atom stereocenters. The van der Waals surface area contributed by atoms with Gasteiger partial charge in [-0.3, -0.25) is 0 Å². The van der Waals surface area contributed by atoms with E-state index in [9.17, 15) is 22.0 Å². The van der Waals surface area contributed by atoms with Crippen LogP contribution in [-0.4, -0.2) is 0 Å². The number of anilines is 1. The lowest BCUT2D eigenvalue weighted by Crippen LogP contribution is -2.06. The zero-order chi connectivity index (χ0) is 15.6. The SMILES string of the molecule is Fc1ccc(CNc2ccc(C(F)(F)F)cc2Cl)c(F)c1.